The smallest absolute Gasteiger partial charge is 0.362 e. The molecule has 1 aromatic carbocycles. The Bertz CT molecular complexity index is 646. The first-order valence-corrected chi connectivity index (χ1v) is 7.79. The molecule has 126 valence electrons. The minimum absolute atomic E-state index is 0.0107. The number of carbonyl (C=O) groups is 1. The lowest BCUT2D eigenvalue weighted by molar-refractivity contribution is -0.297. The number of halogens is 4. The van der Waals surface area contributed by atoms with Gasteiger partial charge in [0, 0.05) is 22.2 Å². The summed E-state index contributed by atoms with van der Waals surface area (Å²) >= 11 is 3.16. The van der Waals surface area contributed by atoms with Gasteiger partial charge in [-0.25, -0.2) is 0 Å². The molecule has 0 aromatic heterocycles. The summed E-state index contributed by atoms with van der Waals surface area (Å²) < 4.78 is 40.5. The Balaban J connectivity index is 2.41. The van der Waals surface area contributed by atoms with Gasteiger partial charge in [0.25, 0.3) is 11.6 Å². The second kappa shape index (κ2) is 6.24. The second-order valence-electron chi connectivity index (χ2n) is 5.88. The average Bonchev–Trinajstić information content (AvgIpc) is 2.74. The van der Waals surface area contributed by atoms with Crippen LogP contribution in [0.3, 0.4) is 0 Å². The molecule has 1 amide bonds. The van der Waals surface area contributed by atoms with Crippen LogP contribution < -0.4 is 0 Å². The Morgan fingerprint density at radius 3 is 2.65 bits per heavy atom. The van der Waals surface area contributed by atoms with Gasteiger partial charge in [-0.2, -0.15) is 23.3 Å². The maximum atomic E-state index is 13.3. The Hall–Kier alpha value is -1.41. The zero-order valence-electron chi connectivity index (χ0n) is 12.6. The van der Waals surface area contributed by atoms with Crippen LogP contribution in [0.4, 0.5) is 13.2 Å². The molecule has 8 heteroatoms. The third kappa shape index (κ3) is 3.58. The van der Waals surface area contributed by atoms with Crippen molar-refractivity contribution in [2.24, 2.45) is 11.0 Å². The van der Waals surface area contributed by atoms with E-state index in [1.165, 1.54) is 18.2 Å². The van der Waals surface area contributed by atoms with Crippen molar-refractivity contribution in [3.05, 3.63) is 34.3 Å². The number of hydrogen-bond donors (Lipinski definition) is 1. The number of aliphatic hydroxyl groups is 1. The van der Waals surface area contributed by atoms with E-state index < -0.39 is 24.2 Å². The summed E-state index contributed by atoms with van der Waals surface area (Å²) in [5.74, 6) is -0.933. The van der Waals surface area contributed by atoms with Crippen molar-refractivity contribution >= 4 is 27.5 Å². The summed E-state index contributed by atoms with van der Waals surface area (Å²) in [4.78, 5) is 12.4. The van der Waals surface area contributed by atoms with Gasteiger partial charge in [-0.1, -0.05) is 35.8 Å². The van der Waals surface area contributed by atoms with E-state index >= 15 is 0 Å². The van der Waals surface area contributed by atoms with Crippen molar-refractivity contribution in [1.29, 1.82) is 0 Å². The van der Waals surface area contributed by atoms with Gasteiger partial charge < -0.3 is 5.11 Å². The van der Waals surface area contributed by atoms with Gasteiger partial charge in [0.15, 0.2) is 0 Å². The number of benzene rings is 1. The van der Waals surface area contributed by atoms with Crippen LogP contribution in [-0.2, 0) is 0 Å². The van der Waals surface area contributed by atoms with Gasteiger partial charge in [0.2, 0.25) is 0 Å². The van der Waals surface area contributed by atoms with Crippen molar-refractivity contribution in [3.8, 4) is 0 Å². The van der Waals surface area contributed by atoms with Crippen LogP contribution >= 0.6 is 15.9 Å². The molecule has 0 saturated heterocycles. The molecule has 0 bridgehead atoms. The number of alkyl halides is 3. The summed E-state index contributed by atoms with van der Waals surface area (Å²) in [6.07, 6.45) is -5.45. The normalized spacial score (nSPS) is 21.7. The second-order valence-corrected chi connectivity index (χ2v) is 6.80. The average molecular weight is 393 g/mol. The molecule has 1 aromatic rings. The van der Waals surface area contributed by atoms with E-state index in [4.69, 9.17) is 0 Å². The number of rotatable bonds is 3. The maximum absolute atomic E-state index is 13.3. The molecule has 0 saturated carbocycles. The van der Waals surface area contributed by atoms with Crippen LogP contribution in [-0.4, -0.2) is 33.6 Å². The molecule has 0 spiro atoms. The first-order chi connectivity index (χ1) is 10.5. The first-order valence-electron chi connectivity index (χ1n) is 7.00. The molecule has 1 aliphatic heterocycles. The maximum Gasteiger partial charge on any atom is 0.438 e. The summed E-state index contributed by atoms with van der Waals surface area (Å²) in [6, 6.07) is 5.93. The van der Waals surface area contributed by atoms with Gasteiger partial charge in [0.1, 0.15) is 0 Å². The summed E-state index contributed by atoms with van der Waals surface area (Å²) in [5.41, 5.74) is -3.14. The van der Waals surface area contributed by atoms with Gasteiger partial charge in [-0.05, 0) is 30.5 Å². The molecule has 1 atom stereocenters. The lowest BCUT2D eigenvalue weighted by Crippen LogP contribution is -2.56. The minimum Gasteiger partial charge on any atom is -0.362 e. The standard InChI is InChI=1S/C15H16BrF3N2O2/c1-9(2)6-12-8-14(23,15(17,18)19)21(20-12)13(22)10-4-3-5-11(16)7-10/h3-5,7,9,23H,6,8H2,1-2H3/t14-/m0/s1. The van der Waals surface area contributed by atoms with Gasteiger partial charge in [-0.3, -0.25) is 4.79 Å². The lowest BCUT2D eigenvalue weighted by atomic mass is 9.99. The highest BCUT2D eigenvalue weighted by Gasteiger charge is 2.63. The van der Waals surface area contributed by atoms with Gasteiger partial charge in [-0.15, -0.1) is 0 Å². The van der Waals surface area contributed by atoms with Gasteiger partial charge in [0.05, 0.1) is 0 Å². The first kappa shape index (κ1) is 17.9. The third-order valence-electron chi connectivity index (χ3n) is 3.40. The number of nitrogens with zero attached hydrogens (tertiary/aromatic N) is 2. The zero-order chi connectivity index (χ0) is 17.4. The van der Waals surface area contributed by atoms with Gasteiger partial charge >= 0.3 is 6.18 Å². The van der Waals surface area contributed by atoms with Crippen molar-refractivity contribution in [3.63, 3.8) is 0 Å². The molecule has 0 fully saturated rings. The topological polar surface area (TPSA) is 52.9 Å². The van der Waals surface area contributed by atoms with E-state index in [0.29, 0.717) is 4.47 Å². The molecule has 23 heavy (non-hydrogen) atoms. The number of hydrogen-bond acceptors (Lipinski definition) is 3. The predicted octanol–water partition coefficient (Wildman–Crippen LogP) is 3.95. The van der Waals surface area contributed by atoms with E-state index in [2.05, 4.69) is 21.0 Å². The zero-order valence-corrected chi connectivity index (χ0v) is 14.1. The van der Waals surface area contributed by atoms with Crippen LogP contribution in [0.25, 0.3) is 0 Å². The molecular formula is C15H16BrF3N2O2. The highest BCUT2D eigenvalue weighted by atomic mass is 79.9. The predicted molar refractivity (Wildman–Crippen MR) is 82.8 cm³/mol. The molecule has 1 aliphatic rings. The van der Waals surface area contributed by atoms with Crippen LogP contribution in [0.5, 0.6) is 0 Å². The van der Waals surface area contributed by atoms with Crippen molar-refractivity contribution in [2.75, 3.05) is 0 Å². The molecular weight excluding hydrogens is 377 g/mol. The van der Waals surface area contributed by atoms with E-state index in [1.54, 1.807) is 6.07 Å². The lowest BCUT2D eigenvalue weighted by Gasteiger charge is -2.32. The van der Waals surface area contributed by atoms with Crippen LogP contribution in [0.1, 0.15) is 37.0 Å². The Morgan fingerprint density at radius 2 is 2.13 bits per heavy atom. The summed E-state index contributed by atoms with van der Waals surface area (Å²) in [7, 11) is 0. The molecule has 0 aliphatic carbocycles. The molecule has 1 heterocycles. The largest absolute Gasteiger partial charge is 0.438 e. The summed E-state index contributed by atoms with van der Waals surface area (Å²) in [5, 5.41) is 14.1. The fourth-order valence-electron chi connectivity index (χ4n) is 2.38. The number of carbonyl (C=O) groups excluding carboxylic acids is 1. The van der Waals surface area contributed by atoms with Crippen molar-refractivity contribution < 1.29 is 23.1 Å². The van der Waals surface area contributed by atoms with E-state index in [1.807, 2.05) is 13.8 Å². The fourth-order valence-corrected chi connectivity index (χ4v) is 2.78. The van der Waals surface area contributed by atoms with Crippen LogP contribution in [0, 0.1) is 5.92 Å². The fraction of sp³-hybridized carbons (Fsp3) is 0.467. The van der Waals surface area contributed by atoms with Crippen molar-refractivity contribution in [2.45, 2.75) is 38.6 Å². The minimum atomic E-state index is -5.00. The third-order valence-corrected chi connectivity index (χ3v) is 3.90. The molecule has 0 radical (unpaired) electrons. The molecule has 2 rings (SSSR count). The molecule has 1 N–H and O–H groups in total. The van der Waals surface area contributed by atoms with E-state index in [-0.39, 0.29) is 28.6 Å². The Labute approximate surface area is 140 Å². The number of amides is 1. The van der Waals surface area contributed by atoms with Crippen molar-refractivity contribution in [1.82, 2.24) is 5.01 Å². The van der Waals surface area contributed by atoms with Crippen LogP contribution in [0.15, 0.2) is 33.8 Å². The SMILES string of the molecule is CC(C)CC1=NN(C(=O)c2cccc(Br)c2)[C@@](O)(C(F)(F)F)C1. The quantitative estimate of drug-likeness (QED) is 0.846. The van der Waals surface area contributed by atoms with E-state index in [0.717, 1.165) is 0 Å². The van der Waals surface area contributed by atoms with Crippen LogP contribution in [0.2, 0.25) is 0 Å². The Kier molecular flexibility index (Phi) is 4.86. The Morgan fingerprint density at radius 1 is 1.48 bits per heavy atom. The highest BCUT2D eigenvalue weighted by Crippen LogP contribution is 2.41. The van der Waals surface area contributed by atoms with E-state index in [9.17, 15) is 23.1 Å². The molecule has 0 unspecified atom stereocenters. The highest BCUT2D eigenvalue weighted by molar-refractivity contribution is 9.10. The monoisotopic (exact) mass is 392 g/mol. The number of hydrazone groups is 1. The molecule has 4 nitrogen and oxygen atoms in total. The summed E-state index contributed by atoms with van der Waals surface area (Å²) in [6.45, 7) is 3.65.